The summed E-state index contributed by atoms with van der Waals surface area (Å²) in [4.78, 5) is 12.7. The number of sulfonamides is 1. The molecule has 0 aliphatic carbocycles. The average molecular weight is 433 g/mol. The van der Waals surface area contributed by atoms with Gasteiger partial charge in [0.2, 0.25) is 0 Å². The first-order chi connectivity index (χ1) is 15.0. The first-order valence-electron chi connectivity index (χ1n) is 9.53. The zero-order chi connectivity index (χ0) is 21.8. The van der Waals surface area contributed by atoms with Crippen molar-refractivity contribution in [3.63, 3.8) is 0 Å². The van der Waals surface area contributed by atoms with E-state index in [0.29, 0.717) is 33.5 Å². The van der Waals surface area contributed by atoms with E-state index in [-0.39, 0.29) is 10.8 Å². The van der Waals surface area contributed by atoms with Crippen LogP contribution in [0.1, 0.15) is 10.4 Å². The second kappa shape index (κ2) is 8.49. The summed E-state index contributed by atoms with van der Waals surface area (Å²) >= 11 is 0. The van der Waals surface area contributed by atoms with E-state index >= 15 is 0 Å². The lowest BCUT2D eigenvalue weighted by molar-refractivity contribution is 0.102. The van der Waals surface area contributed by atoms with Gasteiger partial charge in [0.25, 0.3) is 15.9 Å². The first-order valence-corrected chi connectivity index (χ1v) is 11.0. The molecule has 156 valence electrons. The Morgan fingerprint density at radius 2 is 1.52 bits per heavy atom. The van der Waals surface area contributed by atoms with E-state index in [1.807, 2.05) is 6.07 Å². The van der Waals surface area contributed by atoms with E-state index in [9.17, 15) is 13.2 Å². The van der Waals surface area contributed by atoms with E-state index in [1.54, 1.807) is 78.9 Å². The molecule has 0 aliphatic heterocycles. The molecule has 4 aromatic carbocycles. The molecular weight excluding hydrogens is 412 g/mol. The summed E-state index contributed by atoms with van der Waals surface area (Å²) in [5.74, 6) is 0.278. The minimum Gasteiger partial charge on any atom is -0.497 e. The minimum absolute atomic E-state index is 0.114. The van der Waals surface area contributed by atoms with Crippen LogP contribution < -0.4 is 14.8 Å². The summed E-state index contributed by atoms with van der Waals surface area (Å²) in [6, 6.07) is 25.7. The van der Waals surface area contributed by atoms with Crippen molar-refractivity contribution in [2.45, 2.75) is 4.90 Å². The van der Waals surface area contributed by atoms with E-state index in [2.05, 4.69) is 10.0 Å². The molecule has 31 heavy (non-hydrogen) atoms. The highest BCUT2D eigenvalue weighted by Crippen LogP contribution is 2.31. The molecule has 0 unspecified atom stereocenters. The number of amides is 1. The first kappa shape index (κ1) is 20.4. The third-order valence-corrected chi connectivity index (χ3v) is 6.22. The number of ether oxygens (including phenoxy) is 1. The van der Waals surface area contributed by atoms with Gasteiger partial charge in [-0.25, -0.2) is 8.42 Å². The smallest absolute Gasteiger partial charge is 0.262 e. The van der Waals surface area contributed by atoms with Crippen molar-refractivity contribution in [1.29, 1.82) is 0 Å². The van der Waals surface area contributed by atoms with E-state index in [0.717, 1.165) is 0 Å². The molecule has 4 rings (SSSR count). The van der Waals surface area contributed by atoms with Crippen molar-refractivity contribution >= 4 is 38.1 Å². The molecule has 4 aromatic rings. The van der Waals surface area contributed by atoms with E-state index in [4.69, 9.17) is 4.74 Å². The monoisotopic (exact) mass is 432 g/mol. The van der Waals surface area contributed by atoms with Gasteiger partial charge in [0.1, 0.15) is 5.75 Å². The lowest BCUT2D eigenvalue weighted by Gasteiger charge is -2.14. The molecule has 0 aromatic heterocycles. The maximum absolute atomic E-state index is 13.1. The minimum atomic E-state index is -3.88. The van der Waals surface area contributed by atoms with Gasteiger partial charge in [0.15, 0.2) is 0 Å². The summed E-state index contributed by atoms with van der Waals surface area (Å²) in [5.41, 5.74) is 1.44. The van der Waals surface area contributed by atoms with Crippen LogP contribution in [0.15, 0.2) is 95.9 Å². The van der Waals surface area contributed by atoms with Crippen LogP contribution in [0, 0.1) is 0 Å². The number of rotatable bonds is 6. The Hall–Kier alpha value is -3.84. The van der Waals surface area contributed by atoms with Crippen LogP contribution in [0.2, 0.25) is 0 Å². The van der Waals surface area contributed by atoms with Gasteiger partial charge in [0, 0.05) is 28.1 Å². The zero-order valence-corrected chi connectivity index (χ0v) is 17.5. The van der Waals surface area contributed by atoms with Crippen molar-refractivity contribution in [1.82, 2.24) is 0 Å². The molecular formula is C24H20N2O4S. The summed E-state index contributed by atoms with van der Waals surface area (Å²) in [7, 11) is -2.36. The number of carbonyl (C=O) groups excluding carboxylic acids is 1. The standard InChI is InChI=1S/C24H20N2O4S/c1-30-19-11-7-10-18(16-19)26-31(28,29)23-15-14-22(20-12-5-6-13-21(20)23)25-24(27)17-8-3-2-4-9-17/h2-16,26H,1H3,(H,25,27). The van der Waals surface area contributed by atoms with Crippen molar-refractivity contribution in [2.75, 3.05) is 17.1 Å². The third kappa shape index (κ3) is 4.36. The molecule has 0 saturated heterocycles. The van der Waals surface area contributed by atoms with Crippen LogP contribution >= 0.6 is 0 Å². The van der Waals surface area contributed by atoms with Gasteiger partial charge in [0.05, 0.1) is 17.7 Å². The van der Waals surface area contributed by atoms with Crippen LogP contribution in [0.25, 0.3) is 10.8 Å². The molecule has 1 amide bonds. The quantitative estimate of drug-likeness (QED) is 0.454. The van der Waals surface area contributed by atoms with Crippen LogP contribution in [0.3, 0.4) is 0 Å². The number of hydrogen-bond donors (Lipinski definition) is 2. The molecule has 0 spiro atoms. The molecule has 0 fully saturated rings. The van der Waals surface area contributed by atoms with Gasteiger partial charge in [-0.15, -0.1) is 0 Å². The number of methoxy groups -OCH3 is 1. The normalized spacial score (nSPS) is 11.1. The number of hydrogen-bond acceptors (Lipinski definition) is 4. The Morgan fingerprint density at radius 3 is 2.26 bits per heavy atom. The molecule has 0 radical (unpaired) electrons. The van der Waals surface area contributed by atoms with Crippen molar-refractivity contribution in [2.24, 2.45) is 0 Å². The number of fused-ring (bicyclic) bond motifs is 1. The Bertz CT molecular complexity index is 1350. The fourth-order valence-corrected chi connectivity index (χ4v) is 4.56. The van der Waals surface area contributed by atoms with Crippen molar-refractivity contribution in [3.8, 4) is 5.75 Å². The maximum Gasteiger partial charge on any atom is 0.262 e. The van der Waals surface area contributed by atoms with Gasteiger partial charge in [-0.1, -0.05) is 48.5 Å². The molecule has 0 aliphatic rings. The highest BCUT2D eigenvalue weighted by molar-refractivity contribution is 7.93. The number of nitrogens with one attached hydrogen (secondary N) is 2. The predicted molar refractivity (Wildman–Crippen MR) is 122 cm³/mol. The SMILES string of the molecule is COc1cccc(NS(=O)(=O)c2ccc(NC(=O)c3ccccc3)c3ccccc23)c1. The zero-order valence-electron chi connectivity index (χ0n) is 16.7. The molecule has 0 saturated carbocycles. The second-order valence-corrected chi connectivity index (χ2v) is 8.47. The van der Waals surface area contributed by atoms with Gasteiger partial charge < -0.3 is 10.1 Å². The fraction of sp³-hybridized carbons (Fsp3) is 0.0417. The highest BCUT2D eigenvalue weighted by atomic mass is 32.2. The average Bonchev–Trinajstić information content (AvgIpc) is 2.79. The van der Waals surface area contributed by atoms with E-state index < -0.39 is 10.0 Å². The van der Waals surface area contributed by atoms with Gasteiger partial charge in [-0.05, 0) is 36.4 Å². The fourth-order valence-electron chi connectivity index (χ4n) is 3.30. The van der Waals surface area contributed by atoms with E-state index in [1.165, 1.54) is 13.2 Å². The third-order valence-electron chi connectivity index (χ3n) is 4.78. The molecule has 6 nitrogen and oxygen atoms in total. The highest BCUT2D eigenvalue weighted by Gasteiger charge is 2.20. The van der Waals surface area contributed by atoms with Crippen LogP contribution in [-0.4, -0.2) is 21.4 Å². The Balaban J connectivity index is 1.71. The van der Waals surface area contributed by atoms with Crippen molar-refractivity contribution < 1.29 is 17.9 Å². The topological polar surface area (TPSA) is 84.5 Å². The lowest BCUT2D eigenvalue weighted by atomic mass is 10.1. The Labute approximate surface area is 180 Å². The van der Waals surface area contributed by atoms with Crippen LogP contribution in [0.5, 0.6) is 5.75 Å². The van der Waals surface area contributed by atoms with Gasteiger partial charge >= 0.3 is 0 Å². The Kier molecular flexibility index (Phi) is 5.60. The number of benzene rings is 4. The van der Waals surface area contributed by atoms with Crippen LogP contribution in [0.4, 0.5) is 11.4 Å². The summed E-state index contributed by atoms with van der Waals surface area (Å²) < 4.78 is 34.0. The number of carbonyl (C=O) groups is 1. The molecule has 2 N–H and O–H groups in total. The summed E-state index contributed by atoms with van der Waals surface area (Å²) in [6.07, 6.45) is 0. The second-order valence-electron chi connectivity index (χ2n) is 6.81. The summed E-state index contributed by atoms with van der Waals surface area (Å²) in [5, 5.41) is 4.00. The van der Waals surface area contributed by atoms with Gasteiger partial charge in [-0.3, -0.25) is 9.52 Å². The predicted octanol–water partition coefficient (Wildman–Crippen LogP) is 4.90. The molecule has 0 heterocycles. The number of anilines is 2. The maximum atomic E-state index is 13.1. The van der Waals surface area contributed by atoms with Crippen LogP contribution in [-0.2, 0) is 10.0 Å². The largest absolute Gasteiger partial charge is 0.497 e. The molecule has 0 bridgehead atoms. The summed E-state index contributed by atoms with van der Waals surface area (Å²) in [6.45, 7) is 0. The van der Waals surface area contributed by atoms with Crippen molar-refractivity contribution in [3.05, 3.63) is 96.6 Å². The molecule has 7 heteroatoms. The van der Waals surface area contributed by atoms with Gasteiger partial charge in [-0.2, -0.15) is 0 Å². The lowest BCUT2D eigenvalue weighted by Crippen LogP contribution is -2.15. The Morgan fingerprint density at radius 1 is 0.806 bits per heavy atom. The molecule has 0 atom stereocenters.